The molecule has 0 bridgehead atoms. The highest BCUT2D eigenvalue weighted by atomic mass is 35.5. The maximum Gasteiger partial charge on any atom is 0.326 e. The van der Waals surface area contributed by atoms with Crippen LogP contribution in [0.1, 0.15) is 30.9 Å². The van der Waals surface area contributed by atoms with Crippen molar-refractivity contribution < 1.29 is 24.4 Å². The van der Waals surface area contributed by atoms with Gasteiger partial charge in [-0.3, -0.25) is 14.9 Å². The van der Waals surface area contributed by atoms with Crippen molar-refractivity contribution in [2.24, 2.45) is 0 Å². The number of halogens is 2. The summed E-state index contributed by atoms with van der Waals surface area (Å²) < 4.78 is 5.59. The topological polar surface area (TPSA) is 119 Å². The molecule has 0 aromatic heterocycles. The molecule has 176 valence electrons. The first-order valence-corrected chi connectivity index (χ1v) is 10.9. The number of nitrogens with one attached hydrogen (secondary N) is 1. The van der Waals surface area contributed by atoms with Gasteiger partial charge in [0.05, 0.1) is 23.0 Å². The van der Waals surface area contributed by atoms with E-state index in [1.807, 2.05) is 6.07 Å². The molecule has 0 radical (unpaired) electrons. The first-order chi connectivity index (χ1) is 15.7. The van der Waals surface area contributed by atoms with E-state index in [2.05, 4.69) is 5.32 Å². The lowest BCUT2D eigenvalue weighted by Crippen LogP contribution is -2.42. The molecule has 33 heavy (non-hydrogen) atoms. The van der Waals surface area contributed by atoms with Crippen molar-refractivity contribution >= 4 is 35.1 Å². The van der Waals surface area contributed by atoms with Crippen molar-refractivity contribution in [3.8, 4) is 5.75 Å². The van der Waals surface area contributed by atoms with Gasteiger partial charge in [0, 0.05) is 12.8 Å². The molecular formula is C23H24Cl2N2O6. The number of carboxylic acid groups (broad SMARTS) is 1. The van der Waals surface area contributed by atoms with Crippen molar-refractivity contribution in [3.05, 3.63) is 85.5 Å². The zero-order valence-electron chi connectivity index (χ0n) is 17.9. The summed E-state index contributed by atoms with van der Waals surface area (Å²) in [4.78, 5) is 34.2. The van der Waals surface area contributed by atoms with E-state index in [1.54, 1.807) is 43.3 Å². The minimum absolute atomic E-state index is 0.000392. The van der Waals surface area contributed by atoms with Gasteiger partial charge in [-0.1, -0.05) is 59.6 Å². The van der Waals surface area contributed by atoms with Crippen LogP contribution in [-0.2, 0) is 22.4 Å². The van der Waals surface area contributed by atoms with Gasteiger partial charge in [0.2, 0.25) is 11.6 Å². The van der Waals surface area contributed by atoms with Crippen LogP contribution in [0.2, 0.25) is 10.0 Å². The summed E-state index contributed by atoms with van der Waals surface area (Å²) in [6.45, 7) is 1.72. The molecule has 0 saturated carbocycles. The average Bonchev–Trinajstić information content (AvgIpc) is 2.78. The number of benzene rings is 2. The van der Waals surface area contributed by atoms with Crippen LogP contribution in [-0.4, -0.2) is 34.6 Å². The molecule has 0 spiro atoms. The van der Waals surface area contributed by atoms with E-state index < -0.39 is 22.8 Å². The highest BCUT2D eigenvalue weighted by molar-refractivity contribution is 6.43. The molecule has 0 fully saturated rings. The smallest absolute Gasteiger partial charge is 0.326 e. The zero-order valence-corrected chi connectivity index (χ0v) is 19.4. The van der Waals surface area contributed by atoms with E-state index in [4.69, 9.17) is 27.9 Å². The van der Waals surface area contributed by atoms with Crippen LogP contribution in [0.25, 0.3) is 0 Å². The number of allylic oxidation sites excluding steroid dienone is 2. The molecule has 2 aromatic carbocycles. The van der Waals surface area contributed by atoms with Crippen LogP contribution in [0.15, 0.2) is 54.2 Å². The summed E-state index contributed by atoms with van der Waals surface area (Å²) in [7, 11) is 0. The number of rotatable bonds is 12. The molecule has 0 aliphatic rings. The molecule has 2 aromatic rings. The molecule has 0 unspecified atom stereocenters. The van der Waals surface area contributed by atoms with Crippen molar-refractivity contribution in [2.75, 3.05) is 6.61 Å². The summed E-state index contributed by atoms with van der Waals surface area (Å²) in [5.74, 6) is -1.22. The van der Waals surface area contributed by atoms with Crippen molar-refractivity contribution in [2.45, 2.75) is 38.6 Å². The third-order valence-electron chi connectivity index (χ3n) is 4.79. The highest BCUT2D eigenvalue weighted by Crippen LogP contribution is 2.35. The Kier molecular flexibility index (Phi) is 10.2. The second-order valence-electron chi connectivity index (χ2n) is 7.16. The Morgan fingerprint density at radius 3 is 2.48 bits per heavy atom. The number of nitrogens with zero attached hydrogens (tertiary/aromatic N) is 1. The SMILES string of the molecule is CC=C(Cc1ccc(OCCCC(=O)N[C@@H](Cc2ccccc2)C(=O)O)c(Cl)c1Cl)[N+](=O)[O-]. The number of carboxylic acids is 1. The Labute approximate surface area is 201 Å². The van der Waals surface area contributed by atoms with E-state index in [1.165, 1.54) is 6.08 Å². The first kappa shape index (κ1) is 26.2. The summed E-state index contributed by atoms with van der Waals surface area (Å²) >= 11 is 12.5. The predicted molar refractivity (Wildman–Crippen MR) is 125 cm³/mol. The van der Waals surface area contributed by atoms with E-state index in [-0.39, 0.29) is 41.6 Å². The Balaban J connectivity index is 1.86. The van der Waals surface area contributed by atoms with Gasteiger partial charge in [0.25, 0.3) is 0 Å². The number of carbonyl (C=O) groups excluding carboxylic acids is 1. The molecule has 1 amide bonds. The van der Waals surface area contributed by atoms with Gasteiger partial charge in [-0.2, -0.15) is 0 Å². The molecule has 0 aliphatic carbocycles. The monoisotopic (exact) mass is 494 g/mol. The maximum atomic E-state index is 12.2. The van der Waals surface area contributed by atoms with Gasteiger partial charge < -0.3 is 15.2 Å². The molecule has 0 saturated heterocycles. The molecule has 10 heteroatoms. The number of carbonyl (C=O) groups is 2. The van der Waals surface area contributed by atoms with Gasteiger partial charge in [0.15, 0.2) is 0 Å². The van der Waals surface area contributed by atoms with Crippen LogP contribution < -0.4 is 10.1 Å². The minimum Gasteiger partial charge on any atom is -0.492 e. The molecule has 0 heterocycles. The van der Waals surface area contributed by atoms with Gasteiger partial charge >= 0.3 is 5.97 Å². The van der Waals surface area contributed by atoms with Crippen molar-refractivity contribution in [1.29, 1.82) is 0 Å². The van der Waals surface area contributed by atoms with E-state index >= 15 is 0 Å². The predicted octanol–water partition coefficient (Wildman–Crippen LogP) is 4.69. The quantitative estimate of drug-likeness (QED) is 0.251. The summed E-state index contributed by atoms with van der Waals surface area (Å²) in [6.07, 6.45) is 1.99. The lowest BCUT2D eigenvalue weighted by atomic mass is 10.1. The van der Waals surface area contributed by atoms with Crippen LogP contribution in [0.3, 0.4) is 0 Å². The average molecular weight is 495 g/mol. The fourth-order valence-corrected chi connectivity index (χ4v) is 3.48. The lowest BCUT2D eigenvalue weighted by molar-refractivity contribution is -0.427. The third-order valence-corrected chi connectivity index (χ3v) is 5.69. The minimum atomic E-state index is -1.11. The van der Waals surface area contributed by atoms with E-state index in [0.717, 1.165) is 5.56 Å². The fourth-order valence-electron chi connectivity index (χ4n) is 3.02. The number of aliphatic carboxylic acids is 1. The Morgan fingerprint density at radius 1 is 1.18 bits per heavy atom. The molecule has 1 atom stereocenters. The zero-order chi connectivity index (χ0) is 24.4. The first-order valence-electron chi connectivity index (χ1n) is 10.2. The highest BCUT2D eigenvalue weighted by Gasteiger charge is 2.20. The summed E-state index contributed by atoms with van der Waals surface area (Å²) in [6, 6.07) is 11.2. The molecular weight excluding hydrogens is 471 g/mol. The fraction of sp³-hybridized carbons (Fsp3) is 0.304. The molecule has 8 nitrogen and oxygen atoms in total. The van der Waals surface area contributed by atoms with E-state index in [9.17, 15) is 24.8 Å². The number of hydrogen-bond donors (Lipinski definition) is 2. The van der Waals surface area contributed by atoms with Crippen molar-refractivity contribution in [3.63, 3.8) is 0 Å². The number of amides is 1. The second-order valence-corrected chi connectivity index (χ2v) is 7.92. The van der Waals surface area contributed by atoms with Crippen LogP contribution in [0, 0.1) is 10.1 Å². The Morgan fingerprint density at radius 2 is 1.88 bits per heavy atom. The number of nitro groups is 1. The lowest BCUT2D eigenvalue weighted by Gasteiger charge is -2.15. The number of ether oxygens (including phenoxy) is 1. The maximum absolute atomic E-state index is 12.2. The van der Waals surface area contributed by atoms with Crippen LogP contribution in [0.4, 0.5) is 0 Å². The van der Waals surface area contributed by atoms with Crippen molar-refractivity contribution in [1.82, 2.24) is 5.32 Å². The third kappa shape index (κ3) is 8.07. The van der Waals surface area contributed by atoms with Crippen LogP contribution in [0.5, 0.6) is 5.75 Å². The Hall–Kier alpha value is -3.10. The van der Waals surface area contributed by atoms with Gasteiger partial charge in [-0.05, 0) is 36.6 Å². The summed E-state index contributed by atoms with van der Waals surface area (Å²) in [5.41, 5.74) is 1.30. The standard InChI is InChI=1S/C23H24Cl2N2O6/c1-2-17(27(31)32)14-16-10-11-19(22(25)21(16)24)33-12-6-9-20(28)26-18(23(29)30)13-15-7-4-3-5-8-15/h2-5,7-8,10-11,18H,6,9,12-14H2,1H3,(H,26,28)(H,29,30)/t18-/m0/s1. The van der Waals surface area contributed by atoms with Gasteiger partial charge in [-0.15, -0.1) is 0 Å². The van der Waals surface area contributed by atoms with Gasteiger partial charge in [-0.25, -0.2) is 4.79 Å². The van der Waals surface area contributed by atoms with E-state index in [0.29, 0.717) is 17.7 Å². The number of hydrogen-bond acceptors (Lipinski definition) is 5. The Bertz CT molecular complexity index is 1030. The molecule has 0 aliphatic heterocycles. The normalized spacial score (nSPS) is 12.2. The van der Waals surface area contributed by atoms with Crippen LogP contribution >= 0.6 is 23.2 Å². The van der Waals surface area contributed by atoms with Gasteiger partial charge in [0.1, 0.15) is 16.8 Å². The largest absolute Gasteiger partial charge is 0.492 e. The molecule has 2 rings (SSSR count). The summed E-state index contributed by atoms with van der Waals surface area (Å²) in [5, 5.41) is 23.2. The second kappa shape index (κ2) is 12.8. The molecule has 2 N–H and O–H groups in total.